The van der Waals surface area contributed by atoms with E-state index in [1.807, 2.05) is 20.8 Å². The summed E-state index contributed by atoms with van der Waals surface area (Å²) >= 11 is 3.26. The molecule has 0 aliphatic rings. The van der Waals surface area contributed by atoms with Gasteiger partial charge in [0.1, 0.15) is 11.6 Å². The molecule has 2 rings (SSSR count). The normalized spacial score (nSPS) is 11.6. The van der Waals surface area contributed by atoms with Crippen LogP contribution in [0.1, 0.15) is 26.5 Å². The second-order valence-corrected chi connectivity index (χ2v) is 6.33. The molecule has 0 amide bonds. The molecule has 2 N–H and O–H groups in total. The van der Waals surface area contributed by atoms with Gasteiger partial charge in [-0.25, -0.2) is 14.4 Å². The second kappa shape index (κ2) is 4.89. The largest absolute Gasteiger partial charge is 0.384 e. The Morgan fingerprint density at radius 2 is 1.79 bits per heavy atom. The van der Waals surface area contributed by atoms with E-state index >= 15 is 0 Å². The minimum atomic E-state index is -0.340. The molecule has 3 nitrogen and oxygen atoms in total. The standard InChI is InChI=1S/C14H15BrFN3/c1-14(2,3)11-7-12(17)19-13(18-11)8-4-9(15)6-10(16)5-8/h4-7H,1-3H3,(H2,17,18,19). The molecule has 0 bridgehead atoms. The number of benzene rings is 1. The van der Waals surface area contributed by atoms with Gasteiger partial charge in [-0.1, -0.05) is 36.7 Å². The van der Waals surface area contributed by atoms with Crippen LogP contribution in [0.2, 0.25) is 0 Å². The average molecular weight is 324 g/mol. The van der Waals surface area contributed by atoms with Crippen LogP contribution < -0.4 is 5.73 Å². The lowest BCUT2D eigenvalue weighted by Crippen LogP contribution is -2.15. The van der Waals surface area contributed by atoms with Crippen molar-refractivity contribution in [2.24, 2.45) is 0 Å². The lowest BCUT2D eigenvalue weighted by Gasteiger charge is -2.18. The van der Waals surface area contributed by atoms with Gasteiger partial charge in [0, 0.05) is 21.5 Å². The summed E-state index contributed by atoms with van der Waals surface area (Å²) in [5.74, 6) is 0.480. The number of aromatic nitrogens is 2. The summed E-state index contributed by atoms with van der Waals surface area (Å²) in [6.07, 6.45) is 0. The van der Waals surface area contributed by atoms with Gasteiger partial charge in [0.2, 0.25) is 0 Å². The van der Waals surface area contributed by atoms with Crippen molar-refractivity contribution in [3.63, 3.8) is 0 Å². The summed E-state index contributed by atoms with van der Waals surface area (Å²) in [5, 5.41) is 0. The Labute approximate surface area is 120 Å². The topological polar surface area (TPSA) is 51.8 Å². The van der Waals surface area contributed by atoms with E-state index in [4.69, 9.17) is 5.73 Å². The van der Waals surface area contributed by atoms with Gasteiger partial charge in [0.15, 0.2) is 5.82 Å². The zero-order chi connectivity index (χ0) is 14.2. The number of halogens is 2. The maximum Gasteiger partial charge on any atom is 0.161 e. The number of nitrogens with two attached hydrogens (primary N) is 1. The van der Waals surface area contributed by atoms with E-state index in [-0.39, 0.29) is 11.2 Å². The Kier molecular flexibility index (Phi) is 3.58. The van der Waals surface area contributed by atoms with Gasteiger partial charge < -0.3 is 5.73 Å². The Balaban J connectivity index is 2.59. The van der Waals surface area contributed by atoms with Crippen LogP contribution in [0.15, 0.2) is 28.7 Å². The lowest BCUT2D eigenvalue weighted by molar-refractivity contribution is 0.568. The molecule has 1 aromatic heterocycles. The highest BCUT2D eigenvalue weighted by Crippen LogP contribution is 2.26. The predicted molar refractivity (Wildman–Crippen MR) is 78.2 cm³/mol. The first kappa shape index (κ1) is 13.9. The van der Waals surface area contributed by atoms with E-state index in [1.165, 1.54) is 12.1 Å². The Morgan fingerprint density at radius 1 is 1.11 bits per heavy atom. The van der Waals surface area contributed by atoms with Crippen LogP contribution in [0.25, 0.3) is 11.4 Å². The zero-order valence-corrected chi connectivity index (χ0v) is 12.6. The van der Waals surface area contributed by atoms with Gasteiger partial charge in [-0.05, 0) is 18.2 Å². The number of nitrogens with zero attached hydrogens (tertiary/aromatic N) is 2. The summed E-state index contributed by atoms with van der Waals surface area (Å²) in [4.78, 5) is 8.66. The third-order valence-corrected chi connectivity index (χ3v) is 3.09. The van der Waals surface area contributed by atoms with E-state index in [9.17, 15) is 4.39 Å². The molecule has 0 aliphatic heterocycles. The van der Waals surface area contributed by atoms with E-state index < -0.39 is 0 Å². The molecule has 0 saturated heterocycles. The van der Waals surface area contributed by atoms with Crippen LogP contribution in [-0.2, 0) is 5.41 Å². The Hall–Kier alpha value is -1.49. The third kappa shape index (κ3) is 3.29. The molecule has 0 spiro atoms. The minimum Gasteiger partial charge on any atom is -0.384 e. The van der Waals surface area contributed by atoms with Crippen LogP contribution in [0, 0.1) is 5.82 Å². The fourth-order valence-electron chi connectivity index (χ4n) is 1.66. The molecule has 5 heteroatoms. The van der Waals surface area contributed by atoms with E-state index in [2.05, 4.69) is 25.9 Å². The summed E-state index contributed by atoms with van der Waals surface area (Å²) in [7, 11) is 0. The van der Waals surface area contributed by atoms with Gasteiger partial charge in [-0.3, -0.25) is 0 Å². The zero-order valence-electron chi connectivity index (χ0n) is 11.0. The smallest absolute Gasteiger partial charge is 0.161 e. The average Bonchev–Trinajstić information content (AvgIpc) is 2.25. The maximum absolute atomic E-state index is 13.4. The lowest BCUT2D eigenvalue weighted by atomic mass is 9.92. The SMILES string of the molecule is CC(C)(C)c1cc(N)nc(-c2cc(F)cc(Br)c2)n1. The molecule has 1 aromatic carbocycles. The van der Waals surface area contributed by atoms with Crippen molar-refractivity contribution in [3.05, 3.63) is 40.2 Å². The summed E-state index contributed by atoms with van der Waals surface area (Å²) < 4.78 is 14.1. The van der Waals surface area contributed by atoms with E-state index in [0.29, 0.717) is 21.7 Å². The first-order chi connectivity index (χ1) is 8.75. The number of anilines is 1. The molecule has 1 heterocycles. The molecule has 0 saturated carbocycles. The first-order valence-corrected chi connectivity index (χ1v) is 6.66. The fraction of sp³-hybridized carbons (Fsp3) is 0.286. The molecule has 0 fully saturated rings. The van der Waals surface area contributed by atoms with Crippen molar-refractivity contribution in [1.82, 2.24) is 9.97 Å². The number of hydrogen-bond donors (Lipinski definition) is 1. The van der Waals surface area contributed by atoms with Crippen molar-refractivity contribution < 1.29 is 4.39 Å². The number of rotatable bonds is 1. The second-order valence-electron chi connectivity index (χ2n) is 5.41. The first-order valence-electron chi connectivity index (χ1n) is 5.87. The van der Waals surface area contributed by atoms with Crippen LogP contribution in [0.5, 0.6) is 0 Å². The maximum atomic E-state index is 13.4. The van der Waals surface area contributed by atoms with Gasteiger partial charge in [-0.2, -0.15) is 0 Å². The quantitative estimate of drug-likeness (QED) is 0.865. The molecule has 0 atom stereocenters. The van der Waals surface area contributed by atoms with Crippen molar-refractivity contribution in [3.8, 4) is 11.4 Å². The Bertz CT molecular complexity index is 600. The molecular formula is C14H15BrFN3. The minimum absolute atomic E-state index is 0.142. The van der Waals surface area contributed by atoms with E-state index in [0.717, 1.165) is 5.69 Å². The molecule has 0 radical (unpaired) electrons. The van der Waals surface area contributed by atoms with Crippen LogP contribution in [0.3, 0.4) is 0 Å². The Morgan fingerprint density at radius 3 is 2.37 bits per heavy atom. The fourth-order valence-corrected chi connectivity index (χ4v) is 2.13. The molecular weight excluding hydrogens is 309 g/mol. The highest BCUT2D eigenvalue weighted by Gasteiger charge is 2.18. The van der Waals surface area contributed by atoms with Crippen molar-refractivity contribution in [2.75, 3.05) is 5.73 Å². The highest BCUT2D eigenvalue weighted by molar-refractivity contribution is 9.10. The number of hydrogen-bond acceptors (Lipinski definition) is 3. The summed E-state index contributed by atoms with van der Waals surface area (Å²) in [5.41, 5.74) is 7.10. The highest BCUT2D eigenvalue weighted by atomic mass is 79.9. The molecule has 0 aliphatic carbocycles. The monoisotopic (exact) mass is 323 g/mol. The predicted octanol–water partition coefficient (Wildman–Crippen LogP) is 3.92. The van der Waals surface area contributed by atoms with Crippen LogP contribution in [0.4, 0.5) is 10.2 Å². The van der Waals surface area contributed by atoms with E-state index in [1.54, 1.807) is 12.1 Å². The molecule has 0 unspecified atom stereocenters. The van der Waals surface area contributed by atoms with Crippen molar-refractivity contribution in [2.45, 2.75) is 26.2 Å². The van der Waals surface area contributed by atoms with Crippen LogP contribution >= 0.6 is 15.9 Å². The van der Waals surface area contributed by atoms with Gasteiger partial charge >= 0.3 is 0 Å². The summed E-state index contributed by atoms with van der Waals surface area (Å²) in [6.45, 7) is 6.13. The summed E-state index contributed by atoms with van der Waals surface area (Å²) in [6, 6.07) is 6.30. The molecule has 100 valence electrons. The van der Waals surface area contributed by atoms with Gasteiger partial charge in [0.25, 0.3) is 0 Å². The third-order valence-electron chi connectivity index (χ3n) is 2.64. The van der Waals surface area contributed by atoms with Gasteiger partial charge in [0.05, 0.1) is 5.69 Å². The van der Waals surface area contributed by atoms with Crippen LogP contribution in [-0.4, -0.2) is 9.97 Å². The van der Waals surface area contributed by atoms with Crippen molar-refractivity contribution in [1.29, 1.82) is 0 Å². The van der Waals surface area contributed by atoms with Gasteiger partial charge in [-0.15, -0.1) is 0 Å². The molecule has 19 heavy (non-hydrogen) atoms. The van der Waals surface area contributed by atoms with Crippen molar-refractivity contribution >= 4 is 21.7 Å². The number of nitrogen functional groups attached to an aromatic ring is 1. The molecule has 2 aromatic rings.